The summed E-state index contributed by atoms with van der Waals surface area (Å²) >= 11 is 5.57. The van der Waals surface area contributed by atoms with Gasteiger partial charge in [0, 0.05) is 41.2 Å². The smallest absolute Gasteiger partial charge is 0.0465 e. The molecule has 3 aromatic rings. The van der Waals surface area contributed by atoms with Crippen LogP contribution in [0.5, 0.6) is 0 Å². The Morgan fingerprint density at radius 1 is 1.08 bits per heavy atom. The van der Waals surface area contributed by atoms with Crippen LogP contribution in [0.2, 0.25) is 0 Å². The van der Waals surface area contributed by atoms with Crippen LogP contribution < -0.4 is 0 Å². The van der Waals surface area contributed by atoms with Crippen molar-refractivity contribution in [2.24, 2.45) is 0 Å². The van der Waals surface area contributed by atoms with Gasteiger partial charge in [0.25, 0.3) is 0 Å². The second-order valence-electron chi connectivity index (χ2n) is 2.78. The van der Waals surface area contributed by atoms with Gasteiger partial charge in [-0.15, -0.1) is 22.7 Å². The van der Waals surface area contributed by atoms with Crippen LogP contribution in [0.1, 0.15) is 4.88 Å². The van der Waals surface area contributed by atoms with Gasteiger partial charge in [0.05, 0.1) is 0 Å². The summed E-state index contributed by atoms with van der Waals surface area (Å²) in [6.07, 6.45) is 0. The second-order valence-corrected chi connectivity index (χ2v) is 5.69. The molecule has 0 aliphatic heterocycles. The summed E-state index contributed by atoms with van der Waals surface area (Å²) in [6, 6.07) is 0. The van der Waals surface area contributed by atoms with E-state index in [2.05, 4.69) is 23.1 Å². The first-order chi connectivity index (χ1) is 5.86. The van der Waals surface area contributed by atoms with Crippen molar-refractivity contribution in [1.29, 1.82) is 0 Å². The molecule has 0 aromatic carbocycles. The van der Waals surface area contributed by atoms with Crippen LogP contribution in [-0.2, 0) is 0 Å². The summed E-state index contributed by atoms with van der Waals surface area (Å²) in [4.78, 5) is 1.45. The highest BCUT2D eigenvalue weighted by Gasteiger charge is 2.08. The summed E-state index contributed by atoms with van der Waals surface area (Å²) in [5.74, 6) is 0. The van der Waals surface area contributed by atoms with E-state index in [1.807, 2.05) is 22.7 Å². The van der Waals surface area contributed by atoms with Gasteiger partial charge in [-0.2, -0.15) is 11.3 Å². The molecule has 0 radical (unpaired) electrons. The van der Waals surface area contributed by atoms with Crippen LogP contribution in [-0.4, -0.2) is 0 Å². The molecule has 3 heterocycles. The Kier molecular flexibility index (Phi) is 1.36. The number of thiophene rings is 3. The third-order valence-electron chi connectivity index (χ3n) is 2.06. The average Bonchev–Trinajstić information content (AvgIpc) is 2.61. The SMILES string of the molecule is Cc1scc2sc3cscc3c12. The molecule has 0 spiro atoms. The number of aryl methyl sites for hydroxylation is 1. The number of hydrogen-bond donors (Lipinski definition) is 0. The van der Waals surface area contributed by atoms with Crippen molar-refractivity contribution < 1.29 is 0 Å². The molecule has 0 nitrogen and oxygen atoms in total. The van der Waals surface area contributed by atoms with E-state index < -0.39 is 0 Å². The monoisotopic (exact) mass is 210 g/mol. The molecule has 0 fully saturated rings. The van der Waals surface area contributed by atoms with Crippen molar-refractivity contribution >= 4 is 54.2 Å². The molecule has 0 N–H and O–H groups in total. The molecule has 0 saturated heterocycles. The van der Waals surface area contributed by atoms with Gasteiger partial charge in [0.1, 0.15) is 0 Å². The molecule has 0 bridgehead atoms. The fraction of sp³-hybridized carbons (Fsp3) is 0.111. The van der Waals surface area contributed by atoms with Gasteiger partial charge in [-0.3, -0.25) is 0 Å². The fourth-order valence-corrected chi connectivity index (χ4v) is 4.64. The maximum absolute atomic E-state index is 2.26. The third kappa shape index (κ3) is 0.762. The first-order valence-corrected chi connectivity index (χ1v) is 6.32. The molecule has 0 atom stereocenters. The van der Waals surface area contributed by atoms with Crippen molar-refractivity contribution in [3.8, 4) is 0 Å². The van der Waals surface area contributed by atoms with E-state index >= 15 is 0 Å². The lowest BCUT2D eigenvalue weighted by molar-refractivity contribution is 1.71. The summed E-state index contributed by atoms with van der Waals surface area (Å²) in [5, 5.41) is 9.71. The summed E-state index contributed by atoms with van der Waals surface area (Å²) in [5.41, 5.74) is 0. The first kappa shape index (κ1) is 7.06. The lowest BCUT2D eigenvalue weighted by Crippen LogP contribution is -1.57. The molecule has 3 heteroatoms. The van der Waals surface area contributed by atoms with Crippen molar-refractivity contribution in [2.75, 3.05) is 0 Å². The summed E-state index contributed by atoms with van der Waals surface area (Å²) < 4.78 is 2.90. The molecule has 0 saturated carbocycles. The second kappa shape index (κ2) is 2.31. The molecule has 3 aromatic heterocycles. The standard InChI is InChI=1S/C9H6S3/c1-5-9-6-2-10-3-7(6)12-8(9)4-11-5/h2-4H,1H3. The zero-order valence-electron chi connectivity index (χ0n) is 6.46. The van der Waals surface area contributed by atoms with E-state index in [0.29, 0.717) is 0 Å². The van der Waals surface area contributed by atoms with Gasteiger partial charge in [-0.25, -0.2) is 0 Å². The number of rotatable bonds is 0. The van der Waals surface area contributed by atoms with Crippen molar-refractivity contribution in [1.82, 2.24) is 0 Å². The molecular weight excluding hydrogens is 204 g/mol. The first-order valence-electron chi connectivity index (χ1n) is 3.69. The Bertz CT molecular complexity index is 538. The zero-order chi connectivity index (χ0) is 8.13. The Labute approximate surface area is 82.1 Å². The fourth-order valence-electron chi connectivity index (χ4n) is 1.50. The highest BCUT2D eigenvalue weighted by Crippen LogP contribution is 2.40. The van der Waals surface area contributed by atoms with E-state index in [0.717, 1.165) is 0 Å². The van der Waals surface area contributed by atoms with Crippen molar-refractivity contribution in [3.63, 3.8) is 0 Å². The van der Waals surface area contributed by atoms with Crippen LogP contribution in [0.3, 0.4) is 0 Å². The van der Waals surface area contributed by atoms with Crippen LogP contribution in [0.4, 0.5) is 0 Å². The van der Waals surface area contributed by atoms with Gasteiger partial charge >= 0.3 is 0 Å². The molecule has 0 aliphatic rings. The molecule has 60 valence electrons. The van der Waals surface area contributed by atoms with E-state index in [1.165, 1.54) is 25.0 Å². The van der Waals surface area contributed by atoms with Gasteiger partial charge in [0.15, 0.2) is 0 Å². The maximum atomic E-state index is 2.26. The quantitative estimate of drug-likeness (QED) is 0.513. The van der Waals surface area contributed by atoms with E-state index in [-0.39, 0.29) is 0 Å². The topological polar surface area (TPSA) is 0 Å². The van der Waals surface area contributed by atoms with Crippen LogP contribution in [0.15, 0.2) is 16.1 Å². The third-order valence-corrected chi connectivity index (χ3v) is 5.11. The number of fused-ring (bicyclic) bond motifs is 3. The minimum atomic E-state index is 1.45. The predicted molar refractivity (Wildman–Crippen MR) is 59.8 cm³/mol. The summed E-state index contributed by atoms with van der Waals surface area (Å²) in [7, 11) is 0. The Hall–Kier alpha value is -0.380. The van der Waals surface area contributed by atoms with Crippen LogP contribution in [0, 0.1) is 6.92 Å². The van der Waals surface area contributed by atoms with E-state index in [9.17, 15) is 0 Å². The van der Waals surface area contributed by atoms with Crippen LogP contribution in [0.25, 0.3) is 20.2 Å². The molecule has 3 rings (SSSR count). The molecule has 0 aliphatic carbocycles. The Morgan fingerprint density at radius 3 is 2.92 bits per heavy atom. The lowest BCUT2D eigenvalue weighted by atomic mass is 10.2. The molecule has 12 heavy (non-hydrogen) atoms. The molecule has 0 amide bonds. The number of hydrogen-bond acceptors (Lipinski definition) is 3. The minimum absolute atomic E-state index is 1.45. The van der Waals surface area contributed by atoms with Crippen LogP contribution >= 0.6 is 34.0 Å². The Morgan fingerprint density at radius 2 is 2.00 bits per heavy atom. The lowest BCUT2D eigenvalue weighted by Gasteiger charge is -1.81. The summed E-state index contributed by atoms with van der Waals surface area (Å²) in [6.45, 7) is 2.21. The van der Waals surface area contributed by atoms with Crippen molar-refractivity contribution in [3.05, 3.63) is 21.0 Å². The van der Waals surface area contributed by atoms with Gasteiger partial charge in [0.2, 0.25) is 0 Å². The Balaban J connectivity index is 2.71. The normalized spacial score (nSPS) is 11.8. The minimum Gasteiger partial charge on any atom is -0.150 e. The molecular formula is C9H6S3. The van der Waals surface area contributed by atoms with E-state index in [1.54, 1.807) is 11.3 Å². The van der Waals surface area contributed by atoms with Gasteiger partial charge in [-0.05, 0) is 6.92 Å². The molecule has 0 unspecified atom stereocenters. The van der Waals surface area contributed by atoms with Crippen molar-refractivity contribution in [2.45, 2.75) is 6.92 Å². The predicted octanol–water partition coefficient (Wildman–Crippen LogP) is 4.49. The average molecular weight is 210 g/mol. The largest absolute Gasteiger partial charge is 0.150 e. The van der Waals surface area contributed by atoms with E-state index in [4.69, 9.17) is 0 Å². The zero-order valence-corrected chi connectivity index (χ0v) is 8.91. The van der Waals surface area contributed by atoms with Gasteiger partial charge in [-0.1, -0.05) is 0 Å². The highest BCUT2D eigenvalue weighted by atomic mass is 32.1. The highest BCUT2D eigenvalue weighted by molar-refractivity contribution is 7.30. The van der Waals surface area contributed by atoms with Gasteiger partial charge < -0.3 is 0 Å². The maximum Gasteiger partial charge on any atom is 0.0465 e.